The van der Waals surface area contributed by atoms with Crippen LogP contribution in [-0.2, 0) is 10.8 Å². The Morgan fingerprint density at radius 2 is 1.75 bits per heavy atom. The van der Waals surface area contributed by atoms with E-state index in [4.69, 9.17) is 0 Å². The third-order valence-electron chi connectivity index (χ3n) is 2.48. The third kappa shape index (κ3) is 7.90. The number of allylic oxidation sites excluding steroid dienone is 5. The summed E-state index contributed by atoms with van der Waals surface area (Å²) in [6.07, 6.45) is 6.73. The highest BCUT2D eigenvalue weighted by atomic mass is 32.2. The fraction of sp³-hybridized carbons (Fsp3) is 0.333. The zero-order chi connectivity index (χ0) is 15.4. The van der Waals surface area contributed by atoms with Crippen molar-refractivity contribution in [3.05, 3.63) is 66.3 Å². The molecule has 1 unspecified atom stereocenters. The Balaban J connectivity index is 0.00000172. The van der Waals surface area contributed by atoms with Crippen LogP contribution in [0.1, 0.15) is 34.1 Å². The largest absolute Gasteiger partial charge is 0.254 e. The van der Waals surface area contributed by atoms with E-state index in [-0.39, 0.29) is 0 Å². The van der Waals surface area contributed by atoms with Gasteiger partial charge in [0.2, 0.25) is 0 Å². The zero-order valence-electron chi connectivity index (χ0n) is 13.1. The van der Waals surface area contributed by atoms with Crippen molar-refractivity contribution in [2.45, 2.75) is 39.0 Å². The van der Waals surface area contributed by atoms with Gasteiger partial charge in [-0.25, -0.2) is 0 Å². The average Bonchev–Trinajstić information content (AvgIpc) is 2.50. The molecule has 0 aliphatic heterocycles. The van der Waals surface area contributed by atoms with Gasteiger partial charge in [0.15, 0.2) is 0 Å². The second-order valence-corrected chi connectivity index (χ2v) is 5.87. The third-order valence-corrected chi connectivity index (χ3v) is 3.85. The second-order valence-electron chi connectivity index (χ2n) is 4.30. The molecule has 0 amide bonds. The fourth-order valence-corrected chi connectivity index (χ4v) is 2.55. The van der Waals surface area contributed by atoms with E-state index >= 15 is 0 Å². The molecule has 2 heteroatoms. The molecule has 0 aliphatic carbocycles. The first-order valence-corrected chi connectivity index (χ1v) is 8.35. The van der Waals surface area contributed by atoms with Crippen molar-refractivity contribution in [1.82, 2.24) is 0 Å². The van der Waals surface area contributed by atoms with E-state index in [1.807, 2.05) is 56.3 Å². The van der Waals surface area contributed by atoms with Crippen LogP contribution in [0.25, 0.3) is 0 Å². The highest BCUT2D eigenvalue weighted by Gasteiger charge is 2.03. The van der Waals surface area contributed by atoms with Crippen LogP contribution in [-0.4, -0.2) is 9.96 Å². The van der Waals surface area contributed by atoms with E-state index in [1.54, 1.807) is 0 Å². The van der Waals surface area contributed by atoms with Crippen molar-refractivity contribution in [2.24, 2.45) is 0 Å². The highest BCUT2D eigenvalue weighted by molar-refractivity contribution is 7.85. The van der Waals surface area contributed by atoms with Gasteiger partial charge in [0.1, 0.15) is 0 Å². The summed E-state index contributed by atoms with van der Waals surface area (Å²) in [6, 6.07) is 9.58. The van der Waals surface area contributed by atoms with E-state index in [2.05, 4.69) is 26.5 Å². The molecule has 0 aliphatic rings. The van der Waals surface area contributed by atoms with E-state index < -0.39 is 10.8 Å². The van der Waals surface area contributed by atoms with Crippen LogP contribution >= 0.6 is 0 Å². The molecule has 0 heterocycles. The summed E-state index contributed by atoms with van der Waals surface area (Å²) in [7, 11) is -0.929. The predicted octanol–water partition coefficient (Wildman–Crippen LogP) is 5.29. The van der Waals surface area contributed by atoms with Crippen LogP contribution in [0.2, 0.25) is 0 Å². The van der Waals surface area contributed by atoms with Gasteiger partial charge in [0, 0.05) is 10.6 Å². The van der Waals surface area contributed by atoms with Crippen molar-refractivity contribution in [1.29, 1.82) is 0 Å². The smallest absolute Gasteiger partial charge is 0.0532 e. The lowest BCUT2D eigenvalue weighted by molar-refractivity contribution is 0.682. The molecule has 0 fully saturated rings. The number of benzene rings is 1. The van der Waals surface area contributed by atoms with Gasteiger partial charge in [0.25, 0.3) is 0 Å². The lowest BCUT2D eigenvalue weighted by Gasteiger charge is -2.03. The summed E-state index contributed by atoms with van der Waals surface area (Å²) < 4.78 is 12.0. The second kappa shape index (κ2) is 11.4. The molecule has 1 nitrogen and oxygen atoms in total. The van der Waals surface area contributed by atoms with E-state index in [0.717, 1.165) is 16.9 Å². The van der Waals surface area contributed by atoms with Gasteiger partial charge < -0.3 is 0 Å². The summed E-state index contributed by atoms with van der Waals surface area (Å²) in [5, 5.41) is 0. The van der Waals surface area contributed by atoms with Crippen molar-refractivity contribution >= 4 is 10.8 Å². The predicted molar refractivity (Wildman–Crippen MR) is 91.4 cm³/mol. The lowest BCUT2D eigenvalue weighted by atomic mass is 10.1. The number of hydrogen-bond acceptors (Lipinski definition) is 1. The van der Waals surface area contributed by atoms with Crippen molar-refractivity contribution < 1.29 is 4.21 Å². The van der Waals surface area contributed by atoms with E-state index in [0.29, 0.717) is 5.75 Å². The van der Waals surface area contributed by atoms with Crippen LogP contribution in [0.3, 0.4) is 0 Å². The van der Waals surface area contributed by atoms with E-state index in [1.165, 1.54) is 5.57 Å². The quantitative estimate of drug-likeness (QED) is 0.651. The van der Waals surface area contributed by atoms with Gasteiger partial charge in [-0.1, -0.05) is 62.4 Å². The van der Waals surface area contributed by atoms with Gasteiger partial charge in [-0.2, -0.15) is 0 Å². The molecular formula is C18H26OS. The molecule has 0 saturated carbocycles. The standard InChI is InChI=1S/C16H20OS.C2H6/c1-4-15(11-10-14(2)3)12-13-18(17)16-8-6-5-7-9-16;1-2/h4-11H,1,12-13H2,2-3H3;1-2H3/b15-11+;. The Morgan fingerprint density at radius 1 is 1.15 bits per heavy atom. The maximum Gasteiger partial charge on any atom is 0.0532 e. The fourth-order valence-electron chi connectivity index (χ4n) is 1.43. The number of hydrogen-bond donors (Lipinski definition) is 0. The monoisotopic (exact) mass is 290 g/mol. The van der Waals surface area contributed by atoms with Crippen molar-refractivity contribution in [3.63, 3.8) is 0 Å². The molecule has 1 atom stereocenters. The van der Waals surface area contributed by atoms with Crippen LogP contribution < -0.4 is 0 Å². The molecule has 110 valence electrons. The molecule has 1 aromatic rings. The summed E-state index contributed by atoms with van der Waals surface area (Å²) in [6.45, 7) is 11.9. The van der Waals surface area contributed by atoms with Crippen molar-refractivity contribution in [2.75, 3.05) is 5.75 Å². The summed E-state index contributed by atoms with van der Waals surface area (Å²) in [5.74, 6) is 0.637. The molecule has 0 radical (unpaired) electrons. The first-order chi connectivity index (χ1) is 9.63. The van der Waals surface area contributed by atoms with Gasteiger partial charge in [-0.3, -0.25) is 4.21 Å². The molecule has 0 bridgehead atoms. The first kappa shape index (κ1) is 18.6. The molecule has 20 heavy (non-hydrogen) atoms. The van der Waals surface area contributed by atoms with Gasteiger partial charge in [-0.15, -0.1) is 0 Å². The Kier molecular flexibility index (Phi) is 10.6. The molecule has 0 saturated heterocycles. The average molecular weight is 290 g/mol. The van der Waals surface area contributed by atoms with E-state index in [9.17, 15) is 4.21 Å². The topological polar surface area (TPSA) is 17.1 Å². The summed E-state index contributed by atoms with van der Waals surface area (Å²) in [5.41, 5.74) is 2.37. The normalized spacial score (nSPS) is 11.9. The summed E-state index contributed by atoms with van der Waals surface area (Å²) >= 11 is 0. The molecule has 0 spiro atoms. The Morgan fingerprint density at radius 3 is 2.25 bits per heavy atom. The number of rotatable bonds is 6. The maximum atomic E-state index is 12.0. The molecule has 0 aromatic heterocycles. The van der Waals surface area contributed by atoms with Crippen LogP contribution in [0.15, 0.2) is 71.2 Å². The SMILES string of the molecule is C=C/C(=C\C=C(C)C)CCS(=O)c1ccccc1.CC. The Labute approximate surface area is 126 Å². The molecule has 0 N–H and O–H groups in total. The minimum Gasteiger partial charge on any atom is -0.254 e. The maximum absolute atomic E-state index is 12.0. The van der Waals surface area contributed by atoms with Crippen LogP contribution in [0, 0.1) is 0 Å². The lowest BCUT2D eigenvalue weighted by Crippen LogP contribution is -1.98. The first-order valence-electron chi connectivity index (χ1n) is 7.03. The molecule has 1 rings (SSSR count). The van der Waals surface area contributed by atoms with Gasteiger partial charge >= 0.3 is 0 Å². The minimum absolute atomic E-state index is 0.637. The van der Waals surface area contributed by atoms with Gasteiger partial charge in [0.05, 0.1) is 10.8 Å². The Hall–Kier alpha value is -1.41. The highest BCUT2D eigenvalue weighted by Crippen LogP contribution is 2.11. The van der Waals surface area contributed by atoms with Crippen LogP contribution in [0.5, 0.6) is 0 Å². The van der Waals surface area contributed by atoms with Gasteiger partial charge in [-0.05, 0) is 38.0 Å². The molecule has 1 aromatic carbocycles. The zero-order valence-corrected chi connectivity index (χ0v) is 13.9. The van der Waals surface area contributed by atoms with Crippen LogP contribution in [0.4, 0.5) is 0 Å². The Bertz CT molecular complexity index is 465. The molecular weight excluding hydrogens is 264 g/mol. The minimum atomic E-state index is -0.929. The summed E-state index contributed by atoms with van der Waals surface area (Å²) in [4.78, 5) is 0.892. The van der Waals surface area contributed by atoms with Crippen molar-refractivity contribution in [3.8, 4) is 0 Å².